The van der Waals surface area contributed by atoms with Crippen LogP contribution in [0.1, 0.15) is 19.4 Å². The van der Waals surface area contributed by atoms with Gasteiger partial charge in [-0.05, 0) is 19.0 Å². The summed E-state index contributed by atoms with van der Waals surface area (Å²) in [6.07, 6.45) is 0.497. The Kier molecular flexibility index (Phi) is 3.86. The highest BCUT2D eigenvalue weighted by Gasteiger charge is 2.31. The van der Waals surface area contributed by atoms with Gasteiger partial charge in [0.05, 0.1) is 0 Å². The number of carboxylic acid groups (broad SMARTS) is 1. The molecule has 0 heterocycles. The standard InChI is InChI=1S/C12H17NO2/c1-3-13-12(2,11(14)15)9-10-7-5-4-6-8-10/h4-8,13H,3,9H2,1-2H3,(H,14,15). The van der Waals surface area contributed by atoms with Gasteiger partial charge in [-0.3, -0.25) is 4.79 Å². The van der Waals surface area contributed by atoms with Crippen molar-refractivity contribution in [3.63, 3.8) is 0 Å². The fourth-order valence-corrected chi connectivity index (χ4v) is 1.61. The van der Waals surface area contributed by atoms with Crippen molar-refractivity contribution in [1.82, 2.24) is 5.32 Å². The normalized spacial score (nSPS) is 14.5. The first-order valence-corrected chi connectivity index (χ1v) is 5.11. The van der Waals surface area contributed by atoms with Gasteiger partial charge in [-0.15, -0.1) is 0 Å². The third-order valence-electron chi connectivity index (χ3n) is 2.44. The number of nitrogens with one attached hydrogen (secondary N) is 1. The summed E-state index contributed by atoms with van der Waals surface area (Å²) in [5.41, 5.74) is 0.152. The molecule has 1 rings (SSSR count). The second-order valence-electron chi connectivity index (χ2n) is 3.83. The second-order valence-corrected chi connectivity index (χ2v) is 3.83. The maximum absolute atomic E-state index is 11.2. The van der Waals surface area contributed by atoms with Crippen LogP contribution < -0.4 is 5.32 Å². The van der Waals surface area contributed by atoms with Crippen LogP contribution >= 0.6 is 0 Å². The van der Waals surface area contributed by atoms with Gasteiger partial charge in [0.1, 0.15) is 5.54 Å². The molecule has 1 aromatic rings. The third-order valence-corrected chi connectivity index (χ3v) is 2.44. The fraction of sp³-hybridized carbons (Fsp3) is 0.417. The van der Waals surface area contributed by atoms with Crippen LogP contribution in [0.4, 0.5) is 0 Å². The number of carbonyl (C=O) groups is 1. The first-order chi connectivity index (χ1) is 7.08. The Balaban J connectivity index is 2.80. The average molecular weight is 207 g/mol. The molecule has 0 bridgehead atoms. The molecule has 0 aromatic heterocycles. The summed E-state index contributed by atoms with van der Waals surface area (Å²) in [7, 11) is 0. The van der Waals surface area contributed by atoms with Gasteiger partial charge in [0.2, 0.25) is 0 Å². The molecule has 1 atom stereocenters. The summed E-state index contributed by atoms with van der Waals surface area (Å²) in [5, 5.41) is 12.2. The van der Waals surface area contributed by atoms with E-state index >= 15 is 0 Å². The van der Waals surface area contributed by atoms with E-state index in [4.69, 9.17) is 5.11 Å². The summed E-state index contributed by atoms with van der Waals surface area (Å²) in [5.74, 6) is -0.812. The first-order valence-electron chi connectivity index (χ1n) is 5.11. The van der Waals surface area contributed by atoms with Gasteiger partial charge in [0.15, 0.2) is 0 Å². The van der Waals surface area contributed by atoms with Crippen molar-refractivity contribution in [1.29, 1.82) is 0 Å². The second kappa shape index (κ2) is 4.94. The molecular weight excluding hydrogens is 190 g/mol. The summed E-state index contributed by atoms with van der Waals surface area (Å²) < 4.78 is 0. The molecule has 0 radical (unpaired) electrons. The van der Waals surface area contributed by atoms with Crippen LogP contribution in [0.25, 0.3) is 0 Å². The van der Waals surface area contributed by atoms with E-state index in [-0.39, 0.29) is 0 Å². The molecule has 0 amide bonds. The molecule has 0 aliphatic rings. The lowest BCUT2D eigenvalue weighted by Gasteiger charge is -2.25. The topological polar surface area (TPSA) is 49.3 Å². The van der Waals surface area contributed by atoms with Crippen molar-refractivity contribution in [2.24, 2.45) is 0 Å². The maximum atomic E-state index is 11.2. The molecule has 0 saturated carbocycles. The van der Waals surface area contributed by atoms with Gasteiger partial charge in [-0.2, -0.15) is 0 Å². The van der Waals surface area contributed by atoms with E-state index in [0.717, 1.165) is 5.56 Å². The van der Waals surface area contributed by atoms with Crippen molar-refractivity contribution in [3.05, 3.63) is 35.9 Å². The first kappa shape index (κ1) is 11.7. The van der Waals surface area contributed by atoms with Gasteiger partial charge in [-0.25, -0.2) is 0 Å². The minimum absolute atomic E-state index is 0.497. The minimum Gasteiger partial charge on any atom is -0.480 e. The van der Waals surface area contributed by atoms with Crippen LogP contribution in [0.3, 0.4) is 0 Å². The molecule has 1 unspecified atom stereocenters. The Bertz CT molecular complexity index is 324. The van der Waals surface area contributed by atoms with Crippen molar-refractivity contribution >= 4 is 5.97 Å². The number of hydrogen-bond acceptors (Lipinski definition) is 2. The lowest BCUT2D eigenvalue weighted by atomic mass is 9.93. The summed E-state index contributed by atoms with van der Waals surface area (Å²) in [6, 6.07) is 9.65. The SMILES string of the molecule is CCNC(C)(Cc1ccccc1)C(=O)O. The Labute approximate surface area is 90.1 Å². The number of aliphatic carboxylic acids is 1. The molecule has 3 nitrogen and oxygen atoms in total. The van der Waals surface area contributed by atoms with Crippen LogP contribution in [0.5, 0.6) is 0 Å². The Morgan fingerprint density at radius 3 is 2.47 bits per heavy atom. The van der Waals surface area contributed by atoms with Crippen LogP contribution in [0.15, 0.2) is 30.3 Å². The van der Waals surface area contributed by atoms with Crippen LogP contribution in [-0.4, -0.2) is 23.2 Å². The number of rotatable bonds is 5. The summed E-state index contributed by atoms with van der Waals surface area (Å²) >= 11 is 0. The maximum Gasteiger partial charge on any atom is 0.323 e. The van der Waals surface area contributed by atoms with Gasteiger partial charge in [-0.1, -0.05) is 37.3 Å². The molecule has 0 aliphatic carbocycles. The largest absolute Gasteiger partial charge is 0.480 e. The van der Waals surface area contributed by atoms with E-state index in [1.54, 1.807) is 6.92 Å². The zero-order valence-electron chi connectivity index (χ0n) is 9.16. The van der Waals surface area contributed by atoms with Crippen LogP contribution in [0, 0.1) is 0 Å². The molecule has 0 saturated heterocycles. The number of carboxylic acids is 1. The van der Waals surface area contributed by atoms with Crippen molar-refractivity contribution in [2.75, 3.05) is 6.54 Å². The average Bonchev–Trinajstić information content (AvgIpc) is 2.19. The number of benzene rings is 1. The third kappa shape index (κ3) is 3.06. The highest BCUT2D eigenvalue weighted by molar-refractivity contribution is 5.78. The Morgan fingerprint density at radius 1 is 1.40 bits per heavy atom. The van der Waals surface area contributed by atoms with E-state index in [0.29, 0.717) is 13.0 Å². The van der Waals surface area contributed by atoms with Crippen molar-refractivity contribution < 1.29 is 9.90 Å². The lowest BCUT2D eigenvalue weighted by Crippen LogP contribution is -2.51. The zero-order valence-corrected chi connectivity index (χ0v) is 9.16. The minimum atomic E-state index is -0.879. The van der Waals surface area contributed by atoms with E-state index in [1.807, 2.05) is 37.3 Å². The number of hydrogen-bond donors (Lipinski definition) is 2. The van der Waals surface area contributed by atoms with Gasteiger partial charge in [0.25, 0.3) is 0 Å². The number of likely N-dealkylation sites (N-methyl/N-ethyl adjacent to an activating group) is 1. The van der Waals surface area contributed by atoms with Crippen LogP contribution in [-0.2, 0) is 11.2 Å². The van der Waals surface area contributed by atoms with Crippen molar-refractivity contribution in [2.45, 2.75) is 25.8 Å². The Hall–Kier alpha value is -1.35. The van der Waals surface area contributed by atoms with E-state index in [2.05, 4.69) is 5.32 Å². The van der Waals surface area contributed by atoms with E-state index < -0.39 is 11.5 Å². The van der Waals surface area contributed by atoms with E-state index in [9.17, 15) is 4.79 Å². The fourth-order valence-electron chi connectivity index (χ4n) is 1.61. The molecule has 1 aromatic carbocycles. The highest BCUT2D eigenvalue weighted by Crippen LogP contribution is 2.13. The summed E-state index contributed by atoms with van der Waals surface area (Å²) in [6.45, 7) is 4.27. The molecular formula is C12H17NO2. The molecule has 2 N–H and O–H groups in total. The Morgan fingerprint density at radius 2 is 2.00 bits per heavy atom. The molecule has 82 valence electrons. The lowest BCUT2D eigenvalue weighted by molar-refractivity contribution is -0.144. The molecule has 3 heteroatoms. The van der Waals surface area contributed by atoms with Gasteiger partial charge < -0.3 is 10.4 Å². The molecule has 0 fully saturated rings. The smallest absolute Gasteiger partial charge is 0.323 e. The van der Waals surface area contributed by atoms with Crippen LogP contribution in [0.2, 0.25) is 0 Å². The quantitative estimate of drug-likeness (QED) is 0.772. The van der Waals surface area contributed by atoms with Crippen molar-refractivity contribution in [3.8, 4) is 0 Å². The highest BCUT2D eigenvalue weighted by atomic mass is 16.4. The predicted molar refractivity (Wildman–Crippen MR) is 59.9 cm³/mol. The summed E-state index contributed by atoms with van der Waals surface area (Å²) in [4.78, 5) is 11.2. The van der Waals surface area contributed by atoms with E-state index in [1.165, 1.54) is 0 Å². The molecule has 0 aliphatic heterocycles. The van der Waals surface area contributed by atoms with Gasteiger partial charge >= 0.3 is 5.97 Å². The zero-order chi connectivity index (χ0) is 11.3. The molecule has 0 spiro atoms. The monoisotopic (exact) mass is 207 g/mol. The predicted octanol–water partition coefficient (Wildman–Crippen LogP) is 1.68. The van der Waals surface area contributed by atoms with Gasteiger partial charge in [0, 0.05) is 6.42 Å². The molecule has 15 heavy (non-hydrogen) atoms.